The highest BCUT2D eigenvalue weighted by atomic mass is 35.5. The van der Waals surface area contributed by atoms with Crippen LogP contribution in [0.25, 0.3) is 0 Å². The molecule has 1 amide bonds. The van der Waals surface area contributed by atoms with Crippen molar-refractivity contribution >= 4 is 30.7 Å². The van der Waals surface area contributed by atoms with Gasteiger partial charge in [0.05, 0.1) is 6.04 Å². The molecule has 3 N–H and O–H groups in total. The molecule has 3 atom stereocenters. The zero-order valence-corrected chi connectivity index (χ0v) is 14.8. The van der Waals surface area contributed by atoms with Gasteiger partial charge in [-0.15, -0.1) is 24.8 Å². The largest absolute Gasteiger partial charge is 0.352 e. The summed E-state index contributed by atoms with van der Waals surface area (Å²) in [6.45, 7) is 3.22. The van der Waals surface area contributed by atoms with E-state index in [4.69, 9.17) is 5.73 Å². The van der Waals surface area contributed by atoms with Crippen LogP contribution in [0, 0.1) is 0 Å². The van der Waals surface area contributed by atoms with Crippen LogP contribution in [0.4, 0.5) is 0 Å². The van der Waals surface area contributed by atoms with Gasteiger partial charge in [-0.1, -0.05) is 30.3 Å². The highest BCUT2D eigenvalue weighted by Crippen LogP contribution is 2.15. The van der Waals surface area contributed by atoms with Crippen molar-refractivity contribution in [2.24, 2.45) is 5.73 Å². The maximum Gasteiger partial charge on any atom is 0.237 e. The lowest BCUT2D eigenvalue weighted by Crippen LogP contribution is -2.51. The monoisotopic (exact) mass is 347 g/mol. The minimum atomic E-state index is -0.465. The Balaban J connectivity index is 0.00000220. The maximum atomic E-state index is 12.2. The van der Waals surface area contributed by atoms with Gasteiger partial charge in [0.2, 0.25) is 5.91 Å². The van der Waals surface area contributed by atoms with E-state index in [0.717, 1.165) is 24.9 Å². The van der Waals surface area contributed by atoms with Crippen LogP contribution in [0.5, 0.6) is 0 Å². The summed E-state index contributed by atoms with van der Waals surface area (Å²) in [7, 11) is 2.13. The number of halogens is 2. The lowest BCUT2D eigenvalue weighted by atomic mass is 9.98. The molecule has 0 radical (unpaired) electrons. The predicted octanol–water partition coefficient (Wildman–Crippen LogP) is 2.00. The third-order valence-electron chi connectivity index (χ3n) is 4.19. The van der Waals surface area contributed by atoms with E-state index in [1.54, 1.807) is 0 Å². The first-order valence-electron chi connectivity index (χ1n) is 7.36. The fourth-order valence-corrected chi connectivity index (χ4v) is 2.69. The number of hydrogen-bond donors (Lipinski definition) is 2. The molecule has 0 aromatic heterocycles. The molecule has 0 saturated carbocycles. The molecule has 1 aliphatic heterocycles. The van der Waals surface area contributed by atoms with Crippen LogP contribution in [0.2, 0.25) is 0 Å². The van der Waals surface area contributed by atoms with Gasteiger partial charge in [0, 0.05) is 18.6 Å². The second kappa shape index (κ2) is 10.1. The Bertz CT molecular complexity index is 444. The van der Waals surface area contributed by atoms with Crippen molar-refractivity contribution in [3.63, 3.8) is 0 Å². The Kier molecular flexibility index (Phi) is 9.69. The van der Waals surface area contributed by atoms with E-state index in [1.165, 1.54) is 0 Å². The lowest BCUT2D eigenvalue weighted by Gasteiger charge is -2.35. The zero-order valence-electron chi connectivity index (χ0n) is 13.2. The summed E-state index contributed by atoms with van der Waals surface area (Å²) in [4.78, 5) is 14.5. The van der Waals surface area contributed by atoms with E-state index in [9.17, 15) is 4.79 Å². The fourth-order valence-electron chi connectivity index (χ4n) is 2.69. The molecule has 3 unspecified atom stereocenters. The van der Waals surface area contributed by atoms with E-state index in [1.807, 2.05) is 30.3 Å². The van der Waals surface area contributed by atoms with Gasteiger partial charge in [-0.05, 0) is 38.8 Å². The first-order valence-corrected chi connectivity index (χ1v) is 7.36. The highest BCUT2D eigenvalue weighted by Gasteiger charge is 2.25. The molecule has 1 aromatic rings. The third kappa shape index (κ3) is 6.13. The third-order valence-corrected chi connectivity index (χ3v) is 4.19. The molecule has 0 aliphatic carbocycles. The van der Waals surface area contributed by atoms with E-state index >= 15 is 0 Å². The number of carbonyl (C=O) groups excluding carboxylic acids is 1. The normalized spacial score (nSPS) is 22.9. The number of nitrogens with one attached hydrogen (secondary N) is 1. The van der Waals surface area contributed by atoms with Crippen molar-refractivity contribution in [1.29, 1.82) is 0 Å². The Hall–Kier alpha value is -0.810. The number of piperidine rings is 1. The number of nitrogens with two attached hydrogens (primary N) is 1. The number of hydrogen-bond acceptors (Lipinski definition) is 3. The van der Waals surface area contributed by atoms with Gasteiger partial charge in [0.1, 0.15) is 0 Å². The van der Waals surface area contributed by atoms with Crippen LogP contribution in [0.15, 0.2) is 30.3 Å². The van der Waals surface area contributed by atoms with Gasteiger partial charge >= 0.3 is 0 Å². The van der Waals surface area contributed by atoms with Gasteiger partial charge in [-0.3, -0.25) is 4.79 Å². The minimum absolute atomic E-state index is 0. The van der Waals surface area contributed by atoms with Crippen molar-refractivity contribution in [2.45, 2.75) is 44.3 Å². The first-order chi connectivity index (χ1) is 9.56. The summed E-state index contributed by atoms with van der Waals surface area (Å²) >= 11 is 0. The average molecular weight is 348 g/mol. The van der Waals surface area contributed by atoms with Crippen LogP contribution in [-0.2, 0) is 11.2 Å². The van der Waals surface area contributed by atoms with Gasteiger partial charge in [0.15, 0.2) is 0 Å². The standard InChI is InChI=1S/C16H25N3O.2ClH/c1-12-10-14(8-9-19(12)2)18-16(20)15(17)11-13-6-4-3-5-7-13;;/h3-7,12,14-15H,8-11,17H2,1-2H3,(H,18,20);2*1H. The summed E-state index contributed by atoms with van der Waals surface area (Å²) in [5.74, 6) is -0.0318. The number of likely N-dealkylation sites (tertiary alicyclic amines) is 1. The van der Waals surface area contributed by atoms with Crippen LogP contribution >= 0.6 is 24.8 Å². The number of amides is 1. The molecular weight excluding hydrogens is 321 g/mol. The van der Waals surface area contributed by atoms with Gasteiger partial charge in [-0.25, -0.2) is 0 Å². The van der Waals surface area contributed by atoms with E-state index in [0.29, 0.717) is 12.5 Å². The topological polar surface area (TPSA) is 58.4 Å². The Morgan fingerprint density at radius 1 is 1.36 bits per heavy atom. The molecule has 4 nitrogen and oxygen atoms in total. The smallest absolute Gasteiger partial charge is 0.237 e. The van der Waals surface area contributed by atoms with Crippen LogP contribution in [0.1, 0.15) is 25.3 Å². The van der Waals surface area contributed by atoms with Crippen LogP contribution in [0.3, 0.4) is 0 Å². The lowest BCUT2D eigenvalue weighted by molar-refractivity contribution is -0.123. The molecule has 1 heterocycles. The molecule has 6 heteroatoms. The van der Waals surface area contributed by atoms with Crippen molar-refractivity contribution in [2.75, 3.05) is 13.6 Å². The first kappa shape index (κ1) is 21.2. The molecule has 1 saturated heterocycles. The van der Waals surface area contributed by atoms with Crippen molar-refractivity contribution in [3.05, 3.63) is 35.9 Å². The summed E-state index contributed by atoms with van der Waals surface area (Å²) in [5, 5.41) is 3.10. The number of nitrogens with zero attached hydrogens (tertiary/aromatic N) is 1. The number of rotatable bonds is 4. The maximum absolute atomic E-state index is 12.2. The molecule has 22 heavy (non-hydrogen) atoms. The summed E-state index contributed by atoms with van der Waals surface area (Å²) < 4.78 is 0. The SMILES string of the molecule is CC1CC(NC(=O)C(N)Cc2ccccc2)CCN1C.Cl.Cl. The van der Waals surface area contributed by atoms with Crippen LogP contribution < -0.4 is 11.1 Å². The van der Waals surface area contributed by atoms with E-state index in [2.05, 4.69) is 24.2 Å². The Labute approximate surface area is 145 Å². The fraction of sp³-hybridized carbons (Fsp3) is 0.562. The summed E-state index contributed by atoms with van der Waals surface area (Å²) in [6.07, 6.45) is 2.60. The van der Waals surface area contributed by atoms with E-state index in [-0.39, 0.29) is 36.8 Å². The van der Waals surface area contributed by atoms with Crippen molar-refractivity contribution in [3.8, 4) is 0 Å². The quantitative estimate of drug-likeness (QED) is 0.875. The molecule has 1 fully saturated rings. The summed E-state index contributed by atoms with van der Waals surface area (Å²) in [6, 6.07) is 10.2. The second-order valence-electron chi connectivity index (χ2n) is 5.86. The van der Waals surface area contributed by atoms with E-state index < -0.39 is 6.04 Å². The van der Waals surface area contributed by atoms with Gasteiger partial charge in [0.25, 0.3) is 0 Å². The number of carbonyl (C=O) groups is 1. The molecule has 1 aliphatic rings. The molecule has 0 spiro atoms. The molecule has 126 valence electrons. The van der Waals surface area contributed by atoms with Gasteiger partial charge < -0.3 is 16.0 Å². The number of benzene rings is 1. The molecule has 1 aromatic carbocycles. The molecular formula is C16H27Cl2N3O. The Morgan fingerprint density at radius 3 is 2.59 bits per heavy atom. The van der Waals surface area contributed by atoms with Gasteiger partial charge in [-0.2, -0.15) is 0 Å². The zero-order chi connectivity index (χ0) is 14.5. The minimum Gasteiger partial charge on any atom is -0.352 e. The van der Waals surface area contributed by atoms with Crippen molar-refractivity contribution < 1.29 is 4.79 Å². The van der Waals surface area contributed by atoms with Crippen LogP contribution in [-0.4, -0.2) is 42.5 Å². The molecule has 0 bridgehead atoms. The van der Waals surface area contributed by atoms with Crippen molar-refractivity contribution in [1.82, 2.24) is 10.2 Å². The Morgan fingerprint density at radius 2 is 2.00 bits per heavy atom. The molecule has 2 rings (SSSR count). The second-order valence-corrected chi connectivity index (χ2v) is 5.86. The highest BCUT2D eigenvalue weighted by molar-refractivity contribution is 5.85. The summed E-state index contributed by atoms with van der Waals surface area (Å²) in [5.41, 5.74) is 7.11. The predicted molar refractivity (Wildman–Crippen MR) is 95.9 cm³/mol. The average Bonchev–Trinajstić information content (AvgIpc) is 2.44.